The number of anilines is 1. The molecule has 4 nitrogen and oxygen atoms in total. The van der Waals surface area contributed by atoms with Crippen LogP contribution in [0.3, 0.4) is 0 Å². The summed E-state index contributed by atoms with van der Waals surface area (Å²) in [5.41, 5.74) is 1.83. The third kappa shape index (κ3) is 8.37. The number of carbonyl (C=O) groups excluding carboxylic acids is 1. The molecule has 0 radical (unpaired) electrons. The van der Waals surface area contributed by atoms with E-state index in [-0.39, 0.29) is 18.9 Å². The maximum atomic E-state index is 11.8. The number of rotatable bonds is 10. The van der Waals surface area contributed by atoms with Crippen LogP contribution in [0.25, 0.3) is 0 Å². The molecule has 0 unspecified atom stereocenters. The van der Waals surface area contributed by atoms with Crippen molar-refractivity contribution in [1.82, 2.24) is 5.32 Å². The fourth-order valence-electron chi connectivity index (χ4n) is 1.68. The summed E-state index contributed by atoms with van der Waals surface area (Å²) in [5, 5.41) is 5.99. The lowest BCUT2D eigenvalue weighted by atomic mass is 10.2. The molecule has 0 aliphatic carbocycles. The second-order valence-corrected chi connectivity index (χ2v) is 4.64. The summed E-state index contributed by atoms with van der Waals surface area (Å²) in [5.74, 6) is -0.249. The first-order valence-corrected chi connectivity index (χ1v) is 7.07. The van der Waals surface area contributed by atoms with Crippen LogP contribution < -0.4 is 10.6 Å². The van der Waals surface area contributed by atoms with Crippen LogP contribution in [0.5, 0.6) is 0 Å². The molecular formula is C15H22F2N2O2. The summed E-state index contributed by atoms with van der Waals surface area (Å²) in [6, 6.07) is 7.51. The van der Waals surface area contributed by atoms with Crippen LogP contribution in [0.2, 0.25) is 0 Å². The Kier molecular flexibility index (Phi) is 8.54. The molecule has 6 heteroatoms. The van der Waals surface area contributed by atoms with Crippen molar-refractivity contribution in [2.24, 2.45) is 0 Å². The minimum atomic E-state index is -2.50. The predicted octanol–water partition coefficient (Wildman–Crippen LogP) is 2.80. The largest absolute Gasteiger partial charge is 0.375 e. The Morgan fingerprint density at radius 1 is 1.29 bits per heavy atom. The van der Waals surface area contributed by atoms with Gasteiger partial charge in [0, 0.05) is 12.2 Å². The fourth-order valence-corrected chi connectivity index (χ4v) is 1.68. The number of carbonyl (C=O) groups is 1. The minimum absolute atomic E-state index is 0.00477. The number of hydrogen-bond donors (Lipinski definition) is 2. The Balaban J connectivity index is 2.26. The summed E-state index contributed by atoms with van der Waals surface area (Å²) in [4.78, 5) is 11.6. The Hall–Kier alpha value is -1.53. The van der Waals surface area contributed by atoms with E-state index in [1.165, 1.54) is 0 Å². The molecule has 1 aromatic carbocycles. The maximum absolute atomic E-state index is 11.8. The van der Waals surface area contributed by atoms with E-state index in [4.69, 9.17) is 0 Å². The van der Waals surface area contributed by atoms with Crippen molar-refractivity contribution in [3.8, 4) is 0 Å². The number of hydrogen-bond acceptors (Lipinski definition) is 3. The van der Waals surface area contributed by atoms with E-state index in [1.807, 2.05) is 24.3 Å². The van der Waals surface area contributed by atoms with E-state index in [1.54, 1.807) is 0 Å². The molecule has 0 atom stereocenters. The maximum Gasteiger partial charge on any atom is 0.261 e. The molecule has 0 fully saturated rings. The Morgan fingerprint density at radius 2 is 2.00 bits per heavy atom. The van der Waals surface area contributed by atoms with E-state index < -0.39 is 13.0 Å². The first-order valence-electron chi connectivity index (χ1n) is 7.07. The van der Waals surface area contributed by atoms with Crippen LogP contribution in [0.15, 0.2) is 24.3 Å². The zero-order valence-electron chi connectivity index (χ0n) is 12.2. The topological polar surface area (TPSA) is 50.4 Å². The van der Waals surface area contributed by atoms with Crippen LogP contribution in [-0.2, 0) is 16.1 Å². The van der Waals surface area contributed by atoms with E-state index in [0.717, 1.165) is 25.1 Å². The number of benzene rings is 1. The second-order valence-electron chi connectivity index (χ2n) is 4.64. The minimum Gasteiger partial charge on any atom is -0.375 e. The summed E-state index contributed by atoms with van der Waals surface area (Å²) in [7, 11) is 0. The zero-order chi connectivity index (χ0) is 15.5. The average molecular weight is 300 g/mol. The summed E-state index contributed by atoms with van der Waals surface area (Å²) >= 11 is 0. The Morgan fingerprint density at radius 3 is 2.62 bits per heavy atom. The molecule has 1 aromatic rings. The third-order valence-electron chi connectivity index (χ3n) is 2.71. The van der Waals surface area contributed by atoms with Crippen LogP contribution >= 0.6 is 0 Å². The highest BCUT2D eigenvalue weighted by molar-refractivity contribution is 5.90. The smallest absolute Gasteiger partial charge is 0.261 e. The van der Waals surface area contributed by atoms with Crippen LogP contribution in [0, 0.1) is 0 Å². The number of amides is 1. The molecule has 2 N–H and O–H groups in total. The van der Waals surface area contributed by atoms with E-state index in [0.29, 0.717) is 5.69 Å². The molecule has 1 rings (SSSR count). The van der Waals surface area contributed by atoms with Crippen molar-refractivity contribution in [1.29, 1.82) is 0 Å². The highest BCUT2D eigenvalue weighted by Gasteiger charge is 2.05. The molecule has 1 amide bonds. The van der Waals surface area contributed by atoms with Crippen LogP contribution in [0.4, 0.5) is 14.5 Å². The Labute approximate surface area is 123 Å². The number of ether oxygens (including phenoxy) is 1. The summed E-state index contributed by atoms with van der Waals surface area (Å²) in [6.07, 6.45) is -1.35. The second kappa shape index (κ2) is 10.2. The molecule has 0 saturated heterocycles. The van der Waals surface area contributed by atoms with Gasteiger partial charge in [-0.25, -0.2) is 8.78 Å². The third-order valence-corrected chi connectivity index (χ3v) is 2.71. The molecular weight excluding hydrogens is 278 g/mol. The SMILES string of the molecule is CCCNCc1ccc(NC(=O)CCOCC(F)F)cc1. The van der Waals surface area contributed by atoms with Crippen molar-refractivity contribution in [3.63, 3.8) is 0 Å². The zero-order valence-corrected chi connectivity index (χ0v) is 12.2. The molecule has 21 heavy (non-hydrogen) atoms. The van der Waals surface area contributed by atoms with Gasteiger partial charge < -0.3 is 15.4 Å². The lowest BCUT2D eigenvalue weighted by Crippen LogP contribution is -2.16. The molecule has 0 heterocycles. The van der Waals surface area contributed by atoms with Crippen molar-refractivity contribution < 1.29 is 18.3 Å². The van der Waals surface area contributed by atoms with Gasteiger partial charge in [-0.15, -0.1) is 0 Å². The predicted molar refractivity (Wildman–Crippen MR) is 78.5 cm³/mol. The highest BCUT2D eigenvalue weighted by Crippen LogP contribution is 2.10. The van der Waals surface area contributed by atoms with E-state index in [9.17, 15) is 13.6 Å². The van der Waals surface area contributed by atoms with Gasteiger partial charge in [0.05, 0.1) is 13.0 Å². The fraction of sp³-hybridized carbons (Fsp3) is 0.533. The average Bonchev–Trinajstić information content (AvgIpc) is 2.45. The number of alkyl halides is 2. The molecule has 0 spiro atoms. The van der Waals surface area contributed by atoms with Gasteiger partial charge in [-0.05, 0) is 30.7 Å². The first kappa shape index (κ1) is 17.5. The molecule has 0 aromatic heterocycles. The van der Waals surface area contributed by atoms with Crippen molar-refractivity contribution in [2.75, 3.05) is 25.1 Å². The van der Waals surface area contributed by atoms with Crippen molar-refractivity contribution >= 4 is 11.6 Å². The van der Waals surface area contributed by atoms with Crippen molar-refractivity contribution in [3.05, 3.63) is 29.8 Å². The summed E-state index contributed by atoms with van der Waals surface area (Å²) in [6.45, 7) is 3.24. The molecule has 0 aliphatic heterocycles. The lowest BCUT2D eigenvalue weighted by Gasteiger charge is -2.08. The van der Waals surface area contributed by atoms with Crippen LogP contribution in [0.1, 0.15) is 25.3 Å². The quantitative estimate of drug-likeness (QED) is 0.653. The van der Waals surface area contributed by atoms with Gasteiger partial charge >= 0.3 is 0 Å². The van der Waals surface area contributed by atoms with Gasteiger partial charge in [0.2, 0.25) is 5.91 Å². The highest BCUT2D eigenvalue weighted by atomic mass is 19.3. The van der Waals surface area contributed by atoms with Crippen molar-refractivity contribution in [2.45, 2.75) is 32.7 Å². The monoisotopic (exact) mass is 300 g/mol. The van der Waals surface area contributed by atoms with Crippen LogP contribution in [-0.4, -0.2) is 32.1 Å². The molecule has 118 valence electrons. The molecule has 0 aliphatic rings. The van der Waals surface area contributed by atoms with Gasteiger partial charge in [-0.3, -0.25) is 4.79 Å². The van der Waals surface area contributed by atoms with Gasteiger partial charge in [-0.2, -0.15) is 0 Å². The molecule has 0 bridgehead atoms. The van der Waals surface area contributed by atoms with Gasteiger partial charge in [0.25, 0.3) is 6.43 Å². The number of halogens is 2. The summed E-state index contributed by atoms with van der Waals surface area (Å²) < 4.78 is 28.3. The standard InChI is InChI=1S/C15H22F2N2O2/c1-2-8-18-10-12-3-5-13(6-4-12)19-15(20)7-9-21-11-14(16)17/h3-6,14,18H,2,7-11H2,1H3,(H,19,20). The van der Waals surface area contributed by atoms with Gasteiger partial charge in [0.1, 0.15) is 6.61 Å². The molecule has 0 saturated carbocycles. The van der Waals surface area contributed by atoms with Gasteiger partial charge in [-0.1, -0.05) is 19.1 Å². The number of nitrogens with one attached hydrogen (secondary N) is 2. The Bertz CT molecular complexity index is 411. The van der Waals surface area contributed by atoms with Gasteiger partial charge in [0.15, 0.2) is 0 Å². The van der Waals surface area contributed by atoms with E-state index >= 15 is 0 Å². The lowest BCUT2D eigenvalue weighted by molar-refractivity contribution is -0.117. The first-order chi connectivity index (χ1) is 10.1. The normalized spacial score (nSPS) is 10.9. The van der Waals surface area contributed by atoms with E-state index in [2.05, 4.69) is 22.3 Å².